The minimum atomic E-state index is -4.13. The van der Waals surface area contributed by atoms with Crippen molar-refractivity contribution in [2.75, 3.05) is 5.32 Å². The minimum absolute atomic E-state index is 0.0323. The third-order valence-corrected chi connectivity index (χ3v) is 6.53. The van der Waals surface area contributed by atoms with E-state index in [1.165, 1.54) is 24.3 Å². The molecule has 0 bridgehead atoms. The molecule has 166 valence electrons. The van der Waals surface area contributed by atoms with Crippen LogP contribution in [0.15, 0.2) is 64.5 Å². The molecule has 0 saturated carbocycles. The number of hydrogen-bond acceptors (Lipinski definition) is 3. The molecule has 1 aliphatic heterocycles. The monoisotopic (exact) mass is 463 g/mol. The number of hydrogen-bond donors (Lipinski definition) is 2. The zero-order valence-electron chi connectivity index (χ0n) is 16.7. The molecule has 2 N–H and O–H groups in total. The summed E-state index contributed by atoms with van der Waals surface area (Å²) in [4.78, 5) is 3.78. The number of aliphatic imine (C=N–C) groups is 1. The van der Waals surface area contributed by atoms with E-state index < -0.39 is 39.2 Å². The van der Waals surface area contributed by atoms with E-state index >= 15 is 0 Å². The normalized spacial score (nSPS) is 16.7. The molecule has 0 aromatic heterocycles. The van der Waals surface area contributed by atoms with Crippen LogP contribution in [0.4, 0.5) is 23.2 Å². The van der Waals surface area contributed by atoms with Crippen molar-refractivity contribution in [2.24, 2.45) is 4.99 Å². The topological polar surface area (TPSA) is 70.6 Å². The predicted molar refractivity (Wildman–Crippen MR) is 112 cm³/mol. The standard InChI is InChI=1S/C22H17F4N3O2S/c1-12(15-4-2-3-5-16(15)24)20-17(25)8-9-19-21(20)28-22(29-32(19,30)31)27-11-13-6-7-14(23)10-18(13)26/h2-10,12H,11H2,1H3,(H2,27,28,29)/t12-/m0/s1. The molecule has 0 saturated heterocycles. The maximum Gasteiger partial charge on any atom is 0.266 e. The number of fused-ring (bicyclic) bond motifs is 1. The molecule has 3 aromatic carbocycles. The van der Waals surface area contributed by atoms with Gasteiger partial charge in [0.2, 0.25) is 5.96 Å². The van der Waals surface area contributed by atoms with Crippen LogP contribution in [0.5, 0.6) is 0 Å². The van der Waals surface area contributed by atoms with Gasteiger partial charge in [0, 0.05) is 23.1 Å². The number of sulfonamides is 1. The second kappa shape index (κ2) is 8.27. The Morgan fingerprint density at radius 3 is 2.41 bits per heavy atom. The molecule has 0 amide bonds. The van der Waals surface area contributed by atoms with Crippen LogP contribution in [0.2, 0.25) is 0 Å². The van der Waals surface area contributed by atoms with Gasteiger partial charge in [-0.3, -0.25) is 0 Å². The predicted octanol–water partition coefficient (Wildman–Crippen LogP) is 4.65. The Morgan fingerprint density at radius 2 is 1.69 bits per heavy atom. The molecule has 3 aromatic rings. The second-order valence-corrected chi connectivity index (χ2v) is 8.86. The zero-order valence-corrected chi connectivity index (χ0v) is 17.5. The highest BCUT2D eigenvalue weighted by atomic mass is 32.2. The van der Waals surface area contributed by atoms with Gasteiger partial charge in [0.1, 0.15) is 28.2 Å². The summed E-state index contributed by atoms with van der Waals surface area (Å²) < 4.78 is 83.9. The van der Waals surface area contributed by atoms with E-state index in [1.54, 1.807) is 13.0 Å². The summed E-state index contributed by atoms with van der Waals surface area (Å²) in [5, 5.41) is 2.73. The molecule has 0 aliphatic carbocycles. The Kier molecular flexibility index (Phi) is 5.64. The van der Waals surface area contributed by atoms with Gasteiger partial charge in [-0.15, -0.1) is 0 Å². The zero-order chi connectivity index (χ0) is 23.0. The summed E-state index contributed by atoms with van der Waals surface area (Å²) in [6.45, 7) is 1.25. The van der Waals surface area contributed by atoms with E-state index in [-0.39, 0.29) is 39.8 Å². The van der Waals surface area contributed by atoms with Crippen LogP contribution >= 0.6 is 0 Å². The lowest BCUT2D eigenvalue weighted by molar-refractivity contribution is 0.572. The van der Waals surface area contributed by atoms with Gasteiger partial charge in [0.25, 0.3) is 10.0 Å². The van der Waals surface area contributed by atoms with E-state index in [2.05, 4.69) is 15.0 Å². The average molecular weight is 463 g/mol. The third-order valence-electron chi connectivity index (χ3n) is 5.15. The molecule has 5 nitrogen and oxygen atoms in total. The molecule has 1 atom stereocenters. The molecular formula is C22H17F4N3O2S. The highest BCUT2D eigenvalue weighted by molar-refractivity contribution is 7.90. The van der Waals surface area contributed by atoms with E-state index in [1.807, 2.05) is 0 Å². The molecule has 0 radical (unpaired) electrons. The molecule has 10 heteroatoms. The van der Waals surface area contributed by atoms with Crippen molar-refractivity contribution >= 4 is 21.7 Å². The Bertz CT molecular complexity index is 1340. The van der Waals surface area contributed by atoms with Crippen LogP contribution in [0.25, 0.3) is 0 Å². The maximum absolute atomic E-state index is 14.9. The van der Waals surface area contributed by atoms with Gasteiger partial charge in [0.05, 0.1) is 12.2 Å². The number of nitrogens with one attached hydrogen (secondary N) is 2. The van der Waals surface area contributed by atoms with Crippen LogP contribution in [0.1, 0.15) is 29.5 Å². The minimum Gasteiger partial charge on any atom is -0.324 e. The van der Waals surface area contributed by atoms with Crippen LogP contribution in [0, 0.1) is 23.3 Å². The summed E-state index contributed by atoms with van der Waals surface area (Å²) in [6.07, 6.45) is 0. The Labute approximate surface area is 181 Å². The van der Waals surface area contributed by atoms with Gasteiger partial charge in [-0.05, 0) is 29.8 Å². The van der Waals surface area contributed by atoms with Crippen molar-refractivity contribution < 1.29 is 26.0 Å². The summed E-state index contributed by atoms with van der Waals surface area (Å²) in [5.74, 6) is -3.99. The number of benzene rings is 3. The van der Waals surface area contributed by atoms with Gasteiger partial charge in [-0.2, -0.15) is 0 Å². The summed E-state index contributed by atoms with van der Waals surface area (Å²) in [6, 6.07) is 10.8. The highest BCUT2D eigenvalue weighted by Gasteiger charge is 2.32. The summed E-state index contributed by atoms with van der Waals surface area (Å²) in [5.41, 5.74) is 0.0745. The van der Waals surface area contributed by atoms with Crippen molar-refractivity contribution in [1.29, 1.82) is 0 Å². The maximum atomic E-state index is 14.9. The fraction of sp³-hybridized carbons (Fsp3) is 0.136. The van der Waals surface area contributed by atoms with Crippen molar-refractivity contribution in [3.63, 3.8) is 0 Å². The number of nitrogens with zero attached hydrogens (tertiary/aromatic N) is 1. The summed E-state index contributed by atoms with van der Waals surface area (Å²) >= 11 is 0. The molecule has 32 heavy (non-hydrogen) atoms. The van der Waals surface area contributed by atoms with Crippen LogP contribution in [-0.4, -0.2) is 14.4 Å². The van der Waals surface area contributed by atoms with Gasteiger partial charge in [-0.1, -0.05) is 31.2 Å². The van der Waals surface area contributed by atoms with Crippen molar-refractivity contribution in [3.05, 3.63) is 94.6 Å². The molecule has 0 spiro atoms. The van der Waals surface area contributed by atoms with Gasteiger partial charge < -0.3 is 5.32 Å². The lowest BCUT2D eigenvalue weighted by Crippen LogP contribution is -2.41. The van der Waals surface area contributed by atoms with Gasteiger partial charge >= 0.3 is 0 Å². The SMILES string of the molecule is C[C@@H](c1ccccc1F)c1c(F)ccc2c1NC(=NCc1ccc(F)cc1F)NS2(=O)=O. The Hall–Kier alpha value is -3.40. The first kappa shape index (κ1) is 21.8. The van der Waals surface area contributed by atoms with Crippen LogP contribution in [-0.2, 0) is 16.6 Å². The smallest absolute Gasteiger partial charge is 0.266 e. The largest absolute Gasteiger partial charge is 0.324 e. The quantitative estimate of drug-likeness (QED) is 0.553. The van der Waals surface area contributed by atoms with E-state index in [4.69, 9.17) is 0 Å². The fourth-order valence-corrected chi connectivity index (χ4v) is 4.70. The first-order valence-electron chi connectivity index (χ1n) is 9.52. The van der Waals surface area contributed by atoms with E-state index in [0.29, 0.717) is 6.07 Å². The fourth-order valence-electron chi connectivity index (χ4n) is 3.54. The lowest BCUT2D eigenvalue weighted by Gasteiger charge is -2.26. The Balaban J connectivity index is 1.77. The first-order valence-corrected chi connectivity index (χ1v) is 11.0. The van der Waals surface area contributed by atoms with E-state index in [9.17, 15) is 26.0 Å². The molecule has 1 heterocycles. The number of anilines is 1. The third kappa shape index (κ3) is 4.05. The molecular weight excluding hydrogens is 446 g/mol. The average Bonchev–Trinajstić information content (AvgIpc) is 2.72. The molecule has 4 rings (SSSR count). The van der Waals surface area contributed by atoms with Gasteiger partial charge in [0.15, 0.2) is 0 Å². The number of halogens is 4. The van der Waals surface area contributed by atoms with E-state index in [0.717, 1.165) is 18.2 Å². The molecule has 1 aliphatic rings. The molecule has 0 unspecified atom stereocenters. The molecule has 0 fully saturated rings. The number of rotatable bonds is 4. The van der Waals surface area contributed by atoms with Crippen molar-refractivity contribution in [3.8, 4) is 0 Å². The first-order chi connectivity index (χ1) is 15.2. The van der Waals surface area contributed by atoms with Crippen LogP contribution < -0.4 is 10.0 Å². The van der Waals surface area contributed by atoms with Crippen LogP contribution in [0.3, 0.4) is 0 Å². The highest BCUT2D eigenvalue weighted by Crippen LogP contribution is 2.38. The second-order valence-electron chi connectivity index (χ2n) is 7.21. The van der Waals surface area contributed by atoms with Gasteiger partial charge in [-0.25, -0.2) is 35.7 Å². The van der Waals surface area contributed by atoms with Crippen molar-refractivity contribution in [1.82, 2.24) is 4.72 Å². The van der Waals surface area contributed by atoms with Crippen molar-refractivity contribution in [2.45, 2.75) is 24.3 Å². The number of guanidine groups is 1. The Morgan fingerprint density at radius 1 is 0.938 bits per heavy atom. The summed E-state index contributed by atoms with van der Waals surface area (Å²) in [7, 11) is -4.13. The lowest BCUT2D eigenvalue weighted by atomic mass is 9.91.